The molecule has 2 aromatic rings. The van der Waals surface area contributed by atoms with Gasteiger partial charge in [0, 0.05) is 29.5 Å². The van der Waals surface area contributed by atoms with E-state index in [1.807, 2.05) is 30.3 Å². The zero-order valence-electron chi connectivity index (χ0n) is 13.9. The van der Waals surface area contributed by atoms with Crippen molar-refractivity contribution in [3.8, 4) is 0 Å². The van der Waals surface area contributed by atoms with Crippen molar-refractivity contribution in [2.45, 2.75) is 29.3 Å². The molecular formula is C17H18N4O3S2. The molecule has 7 nitrogen and oxygen atoms in total. The quantitative estimate of drug-likeness (QED) is 0.831. The standard InChI is InChI=1S/C17H18N4O3S2/c22-13(23)17-8-4-5-11(17)9-21(10-17)16(24)19-14-18-15(20-26-14)25-12-6-2-1-3-7-12/h1-3,6-7,11H,4-5,8-10H2,(H,22,23)(H,18,19,20,24)/t11-,17+/m0/s1. The van der Waals surface area contributed by atoms with Gasteiger partial charge in [-0.05, 0) is 42.7 Å². The Balaban J connectivity index is 1.39. The van der Waals surface area contributed by atoms with Gasteiger partial charge in [-0.25, -0.2) is 4.79 Å². The number of aromatic nitrogens is 2. The van der Waals surface area contributed by atoms with Gasteiger partial charge in [-0.1, -0.05) is 24.6 Å². The molecule has 0 spiro atoms. The van der Waals surface area contributed by atoms with E-state index < -0.39 is 11.4 Å². The number of nitrogens with one attached hydrogen (secondary N) is 1. The van der Waals surface area contributed by atoms with Gasteiger partial charge in [0.2, 0.25) is 10.3 Å². The molecule has 4 rings (SSSR count). The van der Waals surface area contributed by atoms with Crippen LogP contribution in [0.1, 0.15) is 19.3 Å². The number of benzene rings is 1. The van der Waals surface area contributed by atoms with Crippen LogP contribution < -0.4 is 5.32 Å². The van der Waals surface area contributed by atoms with Crippen LogP contribution in [0, 0.1) is 11.3 Å². The Labute approximate surface area is 159 Å². The Morgan fingerprint density at radius 1 is 1.35 bits per heavy atom. The third-order valence-corrected chi connectivity index (χ3v) is 6.78. The summed E-state index contributed by atoms with van der Waals surface area (Å²) >= 11 is 2.56. The molecule has 1 aliphatic heterocycles. The molecule has 2 N–H and O–H groups in total. The second kappa shape index (κ2) is 6.88. The fourth-order valence-corrected chi connectivity index (χ4v) is 5.29. The summed E-state index contributed by atoms with van der Waals surface area (Å²) in [5.74, 6) is -0.739. The maximum absolute atomic E-state index is 12.5. The Morgan fingerprint density at radius 3 is 2.88 bits per heavy atom. The maximum atomic E-state index is 12.5. The number of aliphatic carboxylic acids is 1. The number of urea groups is 1. The van der Waals surface area contributed by atoms with E-state index in [2.05, 4.69) is 14.7 Å². The van der Waals surface area contributed by atoms with Crippen LogP contribution in [0.5, 0.6) is 0 Å². The van der Waals surface area contributed by atoms with Gasteiger partial charge in [0.15, 0.2) is 0 Å². The molecule has 1 aliphatic carbocycles. The van der Waals surface area contributed by atoms with E-state index in [0.717, 1.165) is 29.3 Å². The highest BCUT2D eigenvalue weighted by molar-refractivity contribution is 7.99. The average Bonchev–Trinajstić information content (AvgIpc) is 3.30. The first kappa shape index (κ1) is 17.3. The average molecular weight is 390 g/mol. The molecule has 0 bridgehead atoms. The summed E-state index contributed by atoms with van der Waals surface area (Å²) in [6.07, 6.45) is 2.43. The Hall–Kier alpha value is -2.13. The molecule has 2 heterocycles. The summed E-state index contributed by atoms with van der Waals surface area (Å²) in [7, 11) is 0. The van der Waals surface area contributed by atoms with Gasteiger partial charge in [0.25, 0.3) is 0 Å². The first-order chi connectivity index (χ1) is 12.6. The van der Waals surface area contributed by atoms with Crippen molar-refractivity contribution >= 4 is 40.4 Å². The molecule has 0 unspecified atom stereocenters. The number of rotatable bonds is 4. The predicted octanol–water partition coefficient (Wildman–Crippen LogP) is 3.41. The van der Waals surface area contributed by atoms with Crippen molar-refractivity contribution < 1.29 is 14.7 Å². The molecule has 2 amide bonds. The van der Waals surface area contributed by atoms with Gasteiger partial charge >= 0.3 is 12.0 Å². The van der Waals surface area contributed by atoms with Crippen molar-refractivity contribution in [3.63, 3.8) is 0 Å². The maximum Gasteiger partial charge on any atom is 0.323 e. The molecule has 1 aromatic heterocycles. The van der Waals surface area contributed by atoms with Crippen molar-refractivity contribution in [1.29, 1.82) is 0 Å². The molecule has 9 heteroatoms. The lowest BCUT2D eigenvalue weighted by atomic mass is 9.81. The fourth-order valence-electron chi connectivity index (χ4n) is 3.86. The highest BCUT2D eigenvalue weighted by atomic mass is 32.2. The third kappa shape index (κ3) is 3.16. The van der Waals surface area contributed by atoms with E-state index in [4.69, 9.17) is 0 Å². The van der Waals surface area contributed by atoms with E-state index in [-0.39, 0.29) is 18.5 Å². The van der Waals surface area contributed by atoms with Crippen molar-refractivity contribution in [1.82, 2.24) is 14.3 Å². The summed E-state index contributed by atoms with van der Waals surface area (Å²) in [6.45, 7) is 0.756. The minimum absolute atomic E-state index is 0.0457. The number of carbonyl (C=O) groups excluding carboxylic acids is 1. The van der Waals surface area contributed by atoms with Crippen LogP contribution >= 0.6 is 23.3 Å². The lowest BCUT2D eigenvalue weighted by Crippen LogP contribution is -2.38. The van der Waals surface area contributed by atoms with E-state index in [1.165, 1.54) is 11.8 Å². The highest BCUT2D eigenvalue weighted by Gasteiger charge is 2.55. The molecular weight excluding hydrogens is 372 g/mol. The largest absolute Gasteiger partial charge is 0.481 e. The summed E-state index contributed by atoms with van der Waals surface area (Å²) in [4.78, 5) is 31.2. The van der Waals surface area contributed by atoms with Gasteiger partial charge in [0.05, 0.1) is 5.41 Å². The van der Waals surface area contributed by atoms with Crippen LogP contribution in [0.4, 0.5) is 9.93 Å². The van der Waals surface area contributed by atoms with Gasteiger partial charge in [0.1, 0.15) is 0 Å². The Bertz CT molecular complexity index is 828. The van der Waals surface area contributed by atoms with Crippen LogP contribution in [0.2, 0.25) is 0 Å². The molecule has 2 atom stereocenters. The summed E-state index contributed by atoms with van der Waals surface area (Å²) in [5.41, 5.74) is -0.771. The first-order valence-electron chi connectivity index (χ1n) is 8.43. The van der Waals surface area contributed by atoms with E-state index in [9.17, 15) is 14.7 Å². The number of amides is 2. The van der Waals surface area contributed by atoms with E-state index in [1.54, 1.807) is 4.90 Å². The number of carboxylic acid groups (broad SMARTS) is 1. The molecule has 1 saturated heterocycles. The van der Waals surface area contributed by atoms with Gasteiger partial charge in [-0.3, -0.25) is 10.1 Å². The number of carboxylic acids is 1. The number of nitrogens with zero attached hydrogens (tertiary/aromatic N) is 3. The smallest absolute Gasteiger partial charge is 0.323 e. The second-order valence-electron chi connectivity index (χ2n) is 6.66. The van der Waals surface area contributed by atoms with Crippen molar-refractivity contribution in [2.24, 2.45) is 11.3 Å². The first-order valence-corrected chi connectivity index (χ1v) is 10.0. The van der Waals surface area contributed by atoms with Gasteiger partial charge in [-0.15, -0.1) is 0 Å². The number of hydrogen-bond donors (Lipinski definition) is 2. The van der Waals surface area contributed by atoms with E-state index in [0.29, 0.717) is 23.3 Å². The number of anilines is 1. The van der Waals surface area contributed by atoms with Crippen LogP contribution in [0.3, 0.4) is 0 Å². The summed E-state index contributed by atoms with van der Waals surface area (Å²) in [6, 6.07) is 9.48. The van der Waals surface area contributed by atoms with Crippen molar-refractivity contribution in [3.05, 3.63) is 30.3 Å². The molecule has 1 saturated carbocycles. The van der Waals surface area contributed by atoms with Crippen LogP contribution in [-0.2, 0) is 4.79 Å². The second-order valence-corrected chi connectivity index (χ2v) is 8.45. The number of carbonyl (C=O) groups is 2. The zero-order valence-corrected chi connectivity index (χ0v) is 15.6. The molecule has 2 aliphatic rings. The fraction of sp³-hybridized carbons (Fsp3) is 0.412. The lowest BCUT2D eigenvalue weighted by molar-refractivity contribution is -0.149. The zero-order chi connectivity index (χ0) is 18.1. The molecule has 1 aromatic carbocycles. The SMILES string of the molecule is O=C(Nc1nc(Sc2ccccc2)ns1)N1C[C@@H]2CCC[C@@]2(C(=O)O)C1. The number of likely N-dealkylation sites (tertiary alicyclic amines) is 1. The van der Waals surface area contributed by atoms with Crippen LogP contribution in [-0.4, -0.2) is 44.5 Å². The monoisotopic (exact) mass is 390 g/mol. The van der Waals surface area contributed by atoms with Gasteiger partial charge in [-0.2, -0.15) is 9.36 Å². The lowest BCUT2D eigenvalue weighted by Gasteiger charge is -2.23. The predicted molar refractivity (Wildman–Crippen MR) is 98.5 cm³/mol. The molecule has 26 heavy (non-hydrogen) atoms. The minimum Gasteiger partial charge on any atom is -0.481 e. The molecule has 136 valence electrons. The molecule has 0 radical (unpaired) electrons. The number of hydrogen-bond acceptors (Lipinski definition) is 6. The topological polar surface area (TPSA) is 95.4 Å². The van der Waals surface area contributed by atoms with Gasteiger partial charge < -0.3 is 10.0 Å². The van der Waals surface area contributed by atoms with E-state index >= 15 is 0 Å². The summed E-state index contributed by atoms with van der Waals surface area (Å²) < 4.78 is 4.26. The minimum atomic E-state index is -0.784. The number of fused-ring (bicyclic) bond motifs is 1. The van der Waals surface area contributed by atoms with Crippen LogP contribution in [0.25, 0.3) is 0 Å². The Kier molecular flexibility index (Phi) is 4.58. The van der Waals surface area contributed by atoms with Crippen molar-refractivity contribution in [2.75, 3.05) is 18.4 Å². The highest BCUT2D eigenvalue weighted by Crippen LogP contribution is 2.49. The Morgan fingerprint density at radius 2 is 2.15 bits per heavy atom. The normalized spacial score (nSPS) is 24.5. The van der Waals surface area contributed by atoms with Crippen LogP contribution in [0.15, 0.2) is 40.4 Å². The molecule has 2 fully saturated rings. The summed E-state index contributed by atoms with van der Waals surface area (Å²) in [5, 5.41) is 13.4. The third-order valence-electron chi connectivity index (χ3n) is 5.16.